The zero-order valence-corrected chi connectivity index (χ0v) is 17.2. The van der Waals surface area contributed by atoms with Crippen LogP contribution in [0.4, 0.5) is 11.4 Å². The second kappa shape index (κ2) is 7.67. The molecule has 0 saturated carbocycles. The van der Waals surface area contributed by atoms with E-state index in [1.54, 1.807) is 12.4 Å². The fourth-order valence-corrected chi connectivity index (χ4v) is 3.90. The number of amides is 2. The Hall–Kier alpha value is -3.19. The van der Waals surface area contributed by atoms with E-state index in [0.29, 0.717) is 11.4 Å². The van der Waals surface area contributed by atoms with E-state index in [4.69, 9.17) is 4.74 Å². The van der Waals surface area contributed by atoms with Gasteiger partial charge in [-0.3, -0.25) is 14.5 Å². The van der Waals surface area contributed by atoms with E-state index in [2.05, 4.69) is 10.3 Å². The van der Waals surface area contributed by atoms with Crippen molar-refractivity contribution in [3.63, 3.8) is 0 Å². The van der Waals surface area contributed by atoms with Crippen molar-refractivity contribution in [2.45, 2.75) is 26.8 Å². The summed E-state index contributed by atoms with van der Waals surface area (Å²) >= 11 is 1.50. The molecule has 2 amide bonds. The molecular formula is C22H21N3O3S. The number of hydrogen-bond donors (Lipinski definition) is 1. The Labute approximate surface area is 173 Å². The molecule has 6 nitrogen and oxygen atoms in total. The zero-order valence-electron chi connectivity index (χ0n) is 16.4. The number of nitrogens with one attached hydrogen (secondary N) is 1. The molecule has 0 spiro atoms. The molecule has 2 aromatic carbocycles. The van der Waals surface area contributed by atoms with Gasteiger partial charge in [0.15, 0.2) is 6.61 Å². The minimum absolute atomic E-state index is 0.0931. The van der Waals surface area contributed by atoms with Gasteiger partial charge in [-0.05, 0) is 56.2 Å². The fraction of sp³-hybridized carbons (Fsp3) is 0.227. The molecule has 4 rings (SSSR count). The Morgan fingerprint density at radius 2 is 2.07 bits per heavy atom. The van der Waals surface area contributed by atoms with E-state index in [1.165, 1.54) is 16.2 Å². The van der Waals surface area contributed by atoms with E-state index in [9.17, 15) is 9.59 Å². The van der Waals surface area contributed by atoms with Crippen molar-refractivity contribution in [3.05, 3.63) is 58.4 Å². The Morgan fingerprint density at radius 3 is 2.83 bits per heavy atom. The average Bonchev–Trinajstić information content (AvgIpc) is 3.24. The Balaban J connectivity index is 1.65. The maximum absolute atomic E-state index is 13.0. The van der Waals surface area contributed by atoms with Crippen molar-refractivity contribution < 1.29 is 14.3 Å². The standard InChI is InChI=1S/C22H21N3O3S/c1-13-4-5-14(2)17(8-13)24-22(27)15(3)25-19-9-16(18-11-29-12-23-18)6-7-20(19)28-10-21(25)26/h4-9,11-12,15H,10H2,1-3H3,(H,24,27). The van der Waals surface area contributed by atoms with Crippen molar-refractivity contribution in [2.24, 2.45) is 0 Å². The summed E-state index contributed by atoms with van der Waals surface area (Å²) in [6.45, 7) is 5.54. The van der Waals surface area contributed by atoms with Gasteiger partial charge in [0.25, 0.3) is 5.91 Å². The molecule has 7 heteroatoms. The molecule has 1 aromatic heterocycles. The maximum atomic E-state index is 13.0. The summed E-state index contributed by atoms with van der Waals surface area (Å²) in [7, 11) is 0. The molecule has 1 atom stereocenters. The second-order valence-corrected chi connectivity index (χ2v) is 7.81. The minimum Gasteiger partial charge on any atom is -0.482 e. The first kappa shape index (κ1) is 19.1. The summed E-state index contributed by atoms with van der Waals surface area (Å²) in [6, 6.07) is 10.8. The summed E-state index contributed by atoms with van der Waals surface area (Å²) < 4.78 is 5.58. The van der Waals surface area contributed by atoms with E-state index < -0.39 is 6.04 Å². The van der Waals surface area contributed by atoms with Crippen LogP contribution in [0.5, 0.6) is 5.75 Å². The lowest BCUT2D eigenvalue weighted by molar-refractivity contribution is -0.125. The predicted molar refractivity (Wildman–Crippen MR) is 115 cm³/mol. The van der Waals surface area contributed by atoms with Crippen molar-refractivity contribution in [1.82, 2.24) is 4.98 Å². The number of ether oxygens (including phenoxy) is 1. The number of carbonyl (C=O) groups is 2. The predicted octanol–water partition coefficient (Wildman–Crippen LogP) is 4.18. The van der Waals surface area contributed by atoms with Crippen LogP contribution in [0.15, 0.2) is 47.3 Å². The molecule has 148 valence electrons. The number of fused-ring (bicyclic) bond motifs is 1. The fourth-order valence-electron chi connectivity index (χ4n) is 3.34. The molecule has 29 heavy (non-hydrogen) atoms. The van der Waals surface area contributed by atoms with Crippen LogP contribution in [0.25, 0.3) is 11.3 Å². The van der Waals surface area contributed by atoms with Crippen LogP contribution in [0.1, 0.15) is 18.1 Å². The highest BCUT2D eigenvalue weighted by Gasteiger charge is 2.33. The van der Waals surface area contributed by atoms with Gasteiger partial charge >= 0.3 is 0 Å². The van der Waals surface area contributed by atoms with Crippen molar-refractivity contribution >= 4 is 34.5 Å². The van der Waals surface area contributed by atoms with Gasteiger partial charge in [-0.2, -0.15) is 0 Å². The largest absolute Gasteiger partial charge is 0.482 e. The molecular weight excluding hydrogens is 386 g/mol. The van der Waals surface area contributed by atoms with Crippen LogP contribution in [-0.2, 0) is 9.59 Å². The van der Waals surface area contributed by atoms with Gasteiger partial charge in [-0.25, -0.2) is 4.98 Å². The average molecular weight is 407 g/mol. The van der Waals surface area contributed by atoms with E-state index in [1.807, 2.05) is 55.6 Å². The highest BCUT2D eigenvalue weighted by atomic mass is 32.1. The first-order chi connectivity index (χ1) is 13.9. The number of aromatic nitrogens is 1. The zero-order chi connectivity index (χ0) is 20.5. The van der Waals surface area contributed by atoms with Crippen LogP contribution in [0.3, 0.4) is 0 Å². The molecule has 0 aliphatic carbocycles. The Kier molecular flexibility index (Phi) is 5.07. The number of benzene rings is 2. The first-order valence-electron chi connectivity index (χ1n) is 9.29. The normalized spacial score (nSPS) is 14.2. The maximum Gasteiger partial charge on any atom is 0.265 e. The molecule has 0 radical (unpaired) electrons. The van der Waals surface area contributed by atoms with Crippen LogP contribution in [0, 0.1) is 13.8 Å². The molecule has 2 heterocycles. The molecule has 3 aromatic rings. The van der Waals surface area contributed by atoms with Crippen molar-refractivity contribution in [1.29, 1.82) is 0 Å². The summed E-state index contributed by atoms with van der Waals surface area (Å²) in [4.78, 5) is 31.5. The third-order valence-electron chi connectivity index (χ3n) is 4.98. The highest BCUT2D eigenvalue weighted by molar-refractivity contribution is 7.07. The first-order valence-corrected chi connectivity index (χ1v) is 10.2. The summed E-state index contributed by atoms with van der Waals surface area (Å²) in [6.07, 6.45) is 0. The van der Waals surface area contributed by atoms with Crippen LogP contribution in [-0.4, -0.2) is 29.4 Å². The lowest BCUT2D eigenvalue weighted by Gasteiger charge is -2.33. The van der Waals surface area contributed by atoms with Crippen LogP contribution < -0.4 is 15.0 Å². The summed E-state index contributed by atoms with van der Waals surface area (Å²) in [5.74, 6) is 0.0745. The van der Waals surface area contributed by atoms with Gasteiger partial charge in [-0.1, -0.05) is 12.1 Å². The van der Waals surface area contributed by atoms with Gasteiger partial charge < -0.3 is 10.1 Å². The SMILES string of the molecule is Cc1ccc(C)c(NC(=O)C(C)N2C(=O)COc3ccc(-c4cscn4)cc32)c1. The molecule has 0 saturated heterocycles. The van der Waals surface area contributed by atoms with Gasteiger partial charge in [-0.15, -0.1) is 11.3 Å². The van der Waals surface area contributed by atoms with Crippen molar-refractivity contribution in [3.8, 4) is 17.0 Å². The van der Waals surface area contributed by atoms with E-state index >= 15 is 0 Å². The number of carbonyl (C=O) groups excluding carboxylic acids is 2. The Morgan fingerprint density at radius 1 is 1.24 bits per heavy atom. The van der Waals surface area contributed by atoms with Gasteiger partial charge in [0, 0.05) is 16.6 Å². The van der Waals surface area contributed by atoms with Crippen LogP contribution >= 0.6 is 11.3 Å². The number of anilines is 2. The molecule has 1 aliphatic heterocycles. The number of rotatable bonds is 4. The van der Waals surface area contributed by atoms with Crippen LogP contribution in [0.2, 0.25) is 0 Å². The smallest absolute Gasteiger partial charge is 0.265 e. The van der Waals surface area contributed by atoms with Crippen molar-refractivity contribution in [2.75, 3.05) is 16.8 Å². The van der Waals surface area contributed by atoms with Gasteiger partial charge in [0.2, 0.25) is 5.91 Å². The van der Waals surface area contributed by atoms with Gasteiger partial charge in [0.05, 0.1) is 16.9 Å². The number of nitrogens with zero attached hydrogens (tertiary/aromatic N) is 2. The lowest BCUT2D eigenvalue weighted by atomic mass is 10.1. The topological polar surface area (TPSA) is 71.5 Å². The quantitative estimate of drug-likeness (QED) is 0.704. The molecule has 0 bridgehead atoms. The summed E-state index contributed by atoms with van der Waals surface area (Å²) in [5, 5.41) is 4.90. The highest BCUT2D eigenvalue weighted by Crippen LogP contribution is 2.37. The lowest BCUT2D eigenvalue weighted by Crippen LogP contribution is -2.49. The summed E-state index contributed by atoms with van der Waals surface area (Å²) in [5.41, 5.74) is 6.80. The Bertz CT molecular complexity index is 1080. The number of aryl methyl sites for hydroxylation is 2. The monoisotopic (exact) mass is 407 g/mol. The molecule has 0 fully saturated rings. The second-order valence-electron chi connectivity index (χ2n) is 7.09. The number of thiazole rings is 1. The van der Waals surface area contributed by atoms with Gasteiger partial charge in [0.1, 0.15) is 11.8 Å². The number of hydrogen-bond acceptors (Lipinski definition) is 5. The molecule has 1 N–H and O–H groups in total. The molecule has 1 aliphatic rings. The third kappa shape index (κ3) is 3.73. The van der Waals surface area contributed by atoms with E-state index in [-0.39, 0.29) is 18.4 Å². The third-order valence-corrected chi connectivity index (χ3v) is 5.57. The molecule has 1 unspecified atom stereocenters. The van der Waals surface area contributed by atoms with E-state index in [0.717, 1.165) is 28.1 Å². The minimum atomic E-state index is -0.698.